The maximum Gasteiger partial charge on any atom is 0.240 e. The Bertz CT molecular complexity index is 504. The molecule has 100 valence electrons. The van der Waals surface area contributed by atoms with E-state index in [0.717, 1.165) is 12.2 Å². The highest BCUT2D eigenvalue weighted by molar-refractivity contribution is 7.89. The molecule has 5 heteroatoms. The van der Waals surface area contributed by atoms with E-state index in [9.17, 15) is 8.42 Å². The van der Waals surface area contributed by atoms with Gasteiger partial charge in [0.05, 0.1) is 4.90 Å². The summed E-state index contributed by atoms with van der Waals surface area (Å²) in [5.41, 5.74) is 1.46. The Balaban J connectivity index is 2.00. The third-order valence-corrected chi connectivity index (χ3v) is 5.24. The van der Waals surface area contributed by atoms with Crippen LogP contribution in [-0.2, 0) is 10.0 Å². The van der Waals surface area contributed by atoms with Gasteiger partial charge in [-0.1, -0.05) is 6.92 Å². The van der Waals surface area contributed by atoms with Crippen LogP contribution < -0.4 is 10.0 Å². The summed E-state index contributed by atoms with van der Waals surface area (Å²) < 4.78 is 25.4. The molecule has 0 atom stereocenters. The highest BCUT2D eigenvalue weighted by atomic mass is 32.2. The zero-order valence-electron chi connectivity index (χ0n) is 10.9. The third kappa shape index (κ3) is 2.84. The average molecular weight is 268 g/mol. The first-order chi connectivity index (χ1) is 8.51. The molecule has 2 rings (SSSR count). The number of anilines is 1. The minimum absolute atomic E-state index is 0.298. The van der Waals surface area contributed by atoms with Crippen LogP contribution in [0.2, 0.25) is 0 Å². The van der Waals surface area contributed by atoms with E-state index >= 15 is 0 Å². The average Bonchev–Trinajstić information content (AvgIpc) is 3.18. The molecule has 1 aromatic rings. The number of sulfonamides is 1. The summed E-state index contributed by atoms with van der Waals surface area (Å²) in [6.07, 6.45) is 3.79. The Kier molecular flexibility index (Phi) is 3.64. The smallest absolute Gasteiger partial charge is 0.240 e. The van der Waals surface area contributed by atoms with E-state index in [1.807, 2.05) is 12.1 Å². The van der Waals surface area contributed by atoms with Crippen LogP contribution in [0.3, 0.4) is 0 Å². The molecular weight excluding hydrogens is 248 g/mol. The van der Waals surface area contributed by atoms with E-state index in [0.29, 0.717) is 10.3 Å². The largest absolute Gasteiger partial charge is 0.384 e. The van der Waals surface area contributed by atoms with Gasteiger partial charge in [-0.25, -0.2) is 13.1 Å². The molecule has 1 aliphatic rings. The molecule has 18 heavy (non-hydrogen) atoms. The lowest BCUT2D eigenvalue weighted by Gasteiger charge is -2.14. The molecule has 0 radical (unpaired) electrons. The molecule has 4 nitrogen and oxygen atoms in total. The fourth-order valence-corrected chi connectivity index (χ4v) is 2.72. The van der Waals surface area contributed by atoms with Gasteiger partial charge in [-0.05, 0) is 56.0 Å². The predicted molar refractivity (Wildman–Crippen MR) is 73.1 cm³/mol. The Labute approximate surface area is 109 Å². The number of nitrogens with one attached hydrogen (secondary N) is 2. The lowest BCUT2D eigenvalue weighted by atomic mass is 10.0. The van der Waals surface area contributed by atoms with Crippen molar-refractivity contribution in [2.45, 2.75) is 31.1 Å². The van der Waals surface area contributed by atoms with Gasteiger partial charge in [0, 0.05) is 12.2 Å². The van der Waals surface area contributed by atoms with Crippen molar-refractivity contribution in [2.75, 3.05) is 18.9 Å². The molecule has 1 fully saturated rings. The predicted octanol–water partition coefficient (Wildman–Crippen LogP) is 2.20. The number of rotatable bonds is 6. The Morgan fingerprint density at radius 2 is 1.83 bits per heavy atom. The summed E-state index contributed by atoms with van der Waals surface area (Å²) in [5.74, 6) is 0. The molecular formula is C13H20N2O2S. The number of benzene rings is 1. The van der Waals surface area contributed by atoms with Gasteiger partial charge in [0.2, 0.25) is 10.0 Å². The minimum atomic E-state index is -3.33. The first-order valence-electron chi connectivity index (χ1n) is 6.29. The van der Waals surface area contributed by atoms with Crippen molar-refractivity contribution in [3.63, 3.8) is 0 Å². The quantitative estimate of drug-likeness (QED) is 0.831. The second-order valence-electron chi connectivity index (χ2n) is 4.94. The minimum Gasteiger partial charge on any atom is -0.384 e. The van der Waals surface area contributed by atoms with Crippen LogP contribution in [0.4, 0.5) is 5.69 Å². The topological polar surface area (TPSA) is 58.2 Å². The molecule has 0 unspecified atom stereocenters. The molecule has 1 aliphatic carbocycles. The molecule has 0 bridgehead atoms. The molecule has 0 amide bonds. The van der Waals surface area contributed by atoms with Gasteiger partial charge < -0.3 is 5.32 Å². The van der Waals surface area contributed by atoms with Gasteiger partial charge in [0.1, 0.15) is 0 Å². The summed E-state index contributed by atoms with van der Waals surface area (Å²) in [6, 6.07) is 6.88. The van der Waals surface area contributed by atoms with Crippen molar-refractivity contribution in [1.29, 1.82) is 0 Å². The monoisotopic (exact) mass is 268 g/mol. The first kappa shape index (κ1) is 13.4. The fraction of sp³-hybridized carbons (Fsp3) is 0.538. The van der Waals surface area contributed by atoms with Crippen LogP contribution in [0.5, 0.6) is 0 Å². The highest BCUT2D eigenvalue weighted by Gasteiger charge is 2.40. The van der Waals surface area contributed by atoms with Crippen molar-refractivity contribution in [2.24, 2.45) is 5.41 Å². The maximum atomic E-state index is 11.6. The van der Waals surface area contributed by atoms with E-state index in [2.05, 4.69) is 17.0 Å². The summed E-state index contributed by atoms with van der Waals surface area (Å²) in [7, 11) is -1.91. The molecule has 0 heterocycles. The SMILES string of the molecule is CCC1(CNc2ccc(S(=O)(=O)NC)cc2)CC1. The van der Waals surface area contributed by atoms with Crippen LogP contribution in [0, 0.1) is 5.41 Å². The molecule has 0 aromatic heterocycles. The standard InChI is InChI=1S/C13H20N2O2S/c1-3-13(8-9-13)10-15-11-4-6-12(7-5-11)18(16,17)14-2/h4-7,14-15H,3,8-10H2,1-2H3. The lowest BCUT2D eigenvalue weighted by Crippen LogP contribution is -2.18. The molecule has 0 aliphatic heterocycles. The van der Waals surface area contributed by atoms with Crippen molar-refractivity contribution in [3.05, 3.63) is 24.3 Å². The Morgan fingerprint density at radius 1 is 1.22 bits per heavy atom. The van der Waals surface area contributed by atoms with Crippen LogP contribution >= 0.6 is 0 Å². The zero-order chi connectivity index (χ0) is 13.2. The van der Waals surface area contributed by atoms with Gasteiger partial charge >= 0.3 is 0 Å². The van der Waals surface area contributed by atoms with Gasteiger partial charge in [-0.2, -0.15) is 0 Å². The summed E-state index contributed by atoms with van der Waals surface area (Å²) in [4.78, 5) is 0.298. The second-order valence-corrected chi connectivity index (χ2v) is 6.83. The van der Waals surface area contributed by atoms with E-state index in [4.69, 9.17) is 0 Å². The normalized spacial score (nSPS) is 17.4. The van der Waals surface area contributed by atoms with E-state index in [1.54, 1.807) is 12.1 Å². The molecule has 2 N–H and O–H groups in total. The second kappa shape index (κ2) is 4.90. The van der Waals surface area contributed by atoms with Crippen molar-refractivity contribution < 1.29 is 8.42 Å². The first-order valence-corrected chi connectivity index (χ1v) is 7.77. The Hall–Kier alpha value is -1.07. The molecule has 0 spiro atoms. The molecule has 0 saturated heterocycles. The third-order valence-electron chi connectivity index (χ3n) is 3.81. The van der Waals surface area contributed by atoms with Crippen LogP contribution in [-0.4, -0.2) is 22.0 Å². The summed E-state index contributed by atoms with van der Waals surface area (Å²) in [6.45, 7) is 3.19. The van der Waals surface area contributed by atoms with Crippen molar-refractivity contribution in [3.8, 4) is 0 Å². The van der Waals surface area contributed by atoms with Crippen LogP contribution in [0.1, 0.15) is 26.2 Å². The van der Waals surface area contributed by atoms with E-state index in [-0.39, 0.29) is 0 Å². The van der Waals surface area contributed by atoms with E-state index < -0.39 is 10.0 Å². The van der Waals surface area contributed by atoms with E-state index in [1.165, 1.54) is 26.3 Å². The van der Waals surface area contributed by atoms with Crippen molar-refractivity contribution >= 4 is 15.7 Å². The van der Waals surface area contributed by atoms with Crippen LogP contribution in [0.15, 0.2) is 29.2 Å². The Morgan fingerprint density at radius 3 is 2.28 bits per heavy atom. The molecule has 1 saturated carbocycles. The number of hydrogen-bond acceptors (Lipinski definition) is 3. The fourth-order valence-electron chi connectivity index (χ4n) is 1.99. The summed E-state index contributed by atoms with van der Waals surface area (Å²) in [5, 5.41) is 3.38. The summed E-state index contributed by atoms with van der Waals surface area (Å²) >= 11 is 0. The van der Waals surface area contributed by atoms with Gasteiger partial charge in [0.15, 0.2) is 0 Å². The molecule has 1 aromatic carbocycles. The van der Waals surface area contributed by atoms with Crippen molar-refractivity contribution in [1.82, 2.24) is 4.72 Å². The van der Waals surface area contributed by atoms with Gasteiger partial charge in [-0.3, -0.25) is 0 Å². The highest BCUT2D eigenvalue weighted by Crippen LogP contribution is 2.48. The van der Waals surface area contributed by atoms with Crippen LogP contribution in [0.25, 0.3) is 0 Å². The lowest BCUT2D eigenvalue weighted by molar-refractivity contribution is 0.521. The van der Waals surface area contributed by atoms with Gasteiger partial charge in [-0.15, -0.1) is 0 Å². The number of hydrogen-bond donors (Lipinski definition) is 2. The van der Waals surface area contributed by atoms with Gasteiger partial charge in [0.25, 0.3) is 0 Å². The zero-order valence-corrected chi connectivity index (χ0v) is 11.7. The maximum absolute atomic E-state index is 11.6.